The highest BCUT2D eigenvalue weighted by molar-refractivity contribution is 7.71. The highest BCUT2D eigenvalue weighted by Crippen LogP contribution is 2.21. The molecule has 0 bridgehead atoms. The molecule has 7 heteroatoms. The third kappa shape index (κ3) is 5.67. The number of carbonyl (C=O) groups is 1. The molecule has 0 radical (unpaired) electrons. The first-order valence-electron chi connectivity index (χ1n) is 10.2. The predicted octanol–water partition coefficient (Wildman–Crippen LogP) is 4.68. The van der Waals surface area contributed by atoms with E-state index in [1.807, 2.05) is 47.6 Å². The van der Waals surface area contributed by atoms with E-state index in [2.05, 4.69) is 24.0 Å². The zero-order valence-corrected chi connectivity index (χ0v) is 18.2. The van der Waals surface area contributed by atoms with E-state index in [0.717, 1.165) is 43.1 Å². The van der Waals surface area contributed by atoms with Crippen molar-refractivity contribution in [3.63, 3.8) is 0 Å². The lowest BCUT2D eigenvalue weighted by Gasteiger charge is -2.25. The second-order valence-electron chi connectivity index (χ2n) is 6.83. The highest BCUT2D eigenvalue weighted by atomic mass is 32.1. The van der Waals surface area contributed by atoms with Crippen molar-refractivity contribution < 1.29 is 9.53 Å². The zero-order valence-electron chi connectivity index (χ0n) is 17.4. The van der Waals surface area contributed by atoms with Crippen molar-refractivity contribution in [1.29, 1.82) is 0 Å². The van der Waals surface area contributed by atoms with Crippen LogP contribution in [0.15, 0.2) is 24.3 Å². The first-order valence-corrected chi connectivity index (χ1v) is 10.6. The average Bonchev–Trinajstić information content (AvgIpc) is 3.08. The van der Waals surface area contributed by atoms with E-state index in [9.17, 15) is 4.79 Å². The molecule has 0 saturated carbocycles. The lowest BCUT2D eigenvalue weighted by Crippen LogP contribution is -2.35. The van der Waals surface area contributed by atoms with Gasteiger partial charge in [0.1, 0.15) is 5.75 Å². The van der Waals surface area contributed by atoms with E-state index in [1.165, 1.54) is 0 Å². The van der Waals surface area contributed by atoms with Gasteiger partial charge in [0.15, 0.2) is 10.6 Å². The van der Waals surface area contributed by atoms with Gasteiger partial charge in [-0.05, 0) is 56.2 Å². The Balaban J connectivity index is 2.09. The number of hydrogen-bond acceptors (Lipinski definition) is 4. The number of aromatic amines is 1. The minimum atomic E-state index is 0.162. The molecule has 1 aromatic heterocycles. The fourth-order valence-electron chi connectivity index (χ4n) is 3.24. The van der Waals surface area contributed by atoms with Crippen molar-refractivity contribution in [3.05, 3.63) is 29.0 Å². The van der Waals surface area contributed by atoms with Crippen molar-refractivity contribution in [2.45, 2.75) is 53.5 Å². The molecule has 6 nitrogen and oxygen atoms in total. The fourth-order valence-corrected chi connectivity index (χ4v) is 3.47. The standard InChI is InChI=1S/C21H32N4O2S/c1-5-16(6-2)15-24(7-3)19(26)13-14-25-20(22-23-21(25)28)17-9-11-18(12-10-17)27-8-4/h9-12,16H,5-8,13-15H2,1-4H3,(H,23,28). The first-order chi connectivity index (χ1) is 13.5. The molecule has 0 aliphatic rings. The summed E-state index contributed by atoms with van der Waals surface area (Å²) in [6.45, 7) is 11.1. The molecule has 1 N–H and O–H groups in total. The third-order valence-corrected chi connectivity index (χ3v) is 5.41. The maximum absolute atomic E-state index is 12.7. The van der Waals surface area contributed by atoms with Crippen LogP contribution in [-0.4, -0.2) is 45.3 Å². The molecule has 0 atom stereocenters. The number of hydrogen-bond donors (Lipinski definition) is 1. The van der Waals surface area contributed by atoms with E-state index < -0.39 is 0 Å². The maximum Gasteiger partial charge on any atom is 0.224 e. The van der Waals surface area contributed by atoms with Gasteiger partial charge in [0.2, 0.25) is 5.91 Å². The van der Waals surface area contributed by atoms with Crippen molar-refractivity contribution in [3.8, 4) is 17.1 Å². The third-order valence-electron chi connectivity index (χ3n) is 5.10. The van der Waals surface area contributed by atoms with Crippen LogP contribution in [0, 0.1) is 10.7 Å². The van der Waals surface area contributed by atoms with Gasteiger partial charge >= 0.3 is 0 Å². The molecule has 0 aliphatic heterocycles. The molecular formula is C21H32N4O2S. The topological polar surface area (TPSA) is 63.1 Å². The Morgan fingerprint density at radius 2 is 1.89 bits per heavy atom. The molecule has 1 heterocycles. The minimum Gasteiger partial charge on any atom is -0.494 e. The van der Waals surface area contributed by atoms with E-state index in [-0.39, 0.29) is 5.91 Å². The van der Waals surface area contributed by atoms with Gasteiger partial charge in [-0.25, -0.2) is 0 Å². The van der Waals surface area contributed by atoms with Crippen LogP contribution in [0.25, 0.3) is 11.4 Å². The summed E-state index contributed by atoms with van der Waals surface area (Å²) >= 11 is 5.39. The Kier molecular flexibility index (Phi) is 8.70. The van der Waals surface area contributed by atoms with Crippen LogP contribution in [0.4, 0.5) is 0 Å². The Morgan fingerprint density at radius 3 is 2.46 bits per heavy atom. The molecule has 0 saturated heterocycles. The van der Waals surface area contributed by atoms with E-state index in [4.69, 9.17) is 17.0 Å². The van der Waals surface area contributed by atoms with Gasteiger partial charge in [0.25, 0.3) is 0 Å². The van der Waals surface area contributed by atoms with E-state index >= 15 is 0 Å². The van der Waals surface area contributed by atoms with Gasteiger partial charge in [-0.3, -0.25) is 14.5 Å². The molecule has 0 unspecified atom stereocenters. The molecule has 2 aromatic rings. The number of carbonyl (C=O) groups excluding carboxylic acids is 1. The summed E-state index contributed by atoms with van der Waals surface area (Å²) in [4.78, 5) is 14.7. The van der Waals surface area contributed by atoms with Crippen molar-refractivity contribution in [2.24, 2.45) is 5.92 Å². The molecule has 0 aliphatic carbocycles. The molecule has 1 amide bonds. The summed E-state index contributed by atoms with van der Waals surface area (Å²) in [6, 6.07) is 7.75. The summed E-state index contributed by atoms with van der Waals surface area (Å²) in [5.41, 5.74) is 0.938. The molecular weight excluding hydrogens is 372 g/mol. The molecule has 0 fully saturated rings. The van der Waals surface area contributed by atoms with Crippen molar-refractivity contribution in [2.75, 3.05) is 19.7 Å². The molecule has 0 spiro atoms. The smallest absolute Gasteiger partial charge is 0.224 e. The van der Waals surface area contributed by atoms with Crippen molar-refractivity contribution in [1.82, 2.24) is 19.7 Å². The quantitative estimate of drug-likeness (QED) is 0.552. The van der Waals surface area contributed by atoms with Gasteiger partial charge in [-0.15, -0.1) is 0 Å². The largest absolute Gasteiger partial charge is 0.494 e. The summed E-state index contributed by atoms with van der Waals surface area (Å²) in [7, 11) is 0. The van der Waals surface area contributed by atoms with Gasteiger partial charge < -0.3 is 9.64 Å². The Labute approximate surface area is 172 Å². The van der Waals surface area contributed by atoms with Gasteiger partial charge in [0.05, 0.1) is 6.61 Å². The molecule has 28 heavy (non-hydrogen) atoms. The number of amides is 1. The van der Waals surface area contributed by atoms with Gasteiger partial charge in [-0.2, -0.15) is 5.10 Å². The van der Waals surface area contributed by atoms with Crippen LogP contribution < -0.4 is 4.74 Å². The number of H-pyrrole nitrogens is 1. The highest BCUT2D eigenvalue weighted by Gasteiger charge is 2.17. The zero-order chi connectivity index (χ0) is 20.5. The lowest BCUT2D eigenvalue weighted by atomic mass is 10.0. The summed E-state index contributed by atoms with van der Waals surface area (Å²) in [5.74, 6) is 2.28. The SMILES string of the molecule is CCOc1ccc(-c2n[nH]c(=S)n2CCC(=O)N(CC)CC(CC)CC)cc1. The Bertz CT molecular complexity index is 793. The van der Waals surface area contributed by atoms with Crippen LogP contribution in [0.5, 0.6) is 5.75 Å². The summed E-state index contributed by atoms with van der Waals surface area (Å²) in [5, 5.41) is 7.21. The Morgan fingerprint density at radius 1 is 1.21 bits per heavy atom. The fraction of sp³-hybridized carbons (Fsp3) is 0.571. The molecule has 1 aromatic carbocycles. The summed E-state index contributed by atoms with van der Waals surface area (Å²) in [6.07, 6.45) is 2.59. The number of nitrogens with one attached hydrogen (secondary N) is 1. The monoisotopic (exact) mass is 404 g/mol. The average molecular weight is 405 g/mol. The second kappa shape index (κ2) is 11.0. The van der Waals surface area contributed by atoms with Crippen LogP contribution in [-0.2, 0) is 11.3 Å². The minimum absolute atomic E-state index is 0.162. The van der Waals surface area contributed by atoms with Crippen LogP contribution >= 0.6 is 12.2 Å². The molecule has 154 valence electrons. The predicted molar refractivity (Wildman–Crippen MR) is 115 cm³/mol. The number of benzene rings is 1. The van der Waals surface area contributed by atoms with E-state index in [0.29, 0.717) is 30.3 Å². The number of nitrogens with zero attached hydrogens (tertiary/aromatic N) is 3. The Hall–Kier alpha value is -2.15. The lowest BCUT2D eigenvalue weighted by molar-refractivity contribution is -0.131. The van der Waals surface area contributed by atoms with Crippen LogP contribution in [0.2, 0.25) is 0 Å². The van der Waals surface area contributed by atoms with E-state index in [1.54, 1.807) is 0 Å². The number of rotatable bonds is 11. The number of aromatic nitrogens is 3. The second-order valence-corrected chi connectivity index (χ2v) is 7.21. The van der Waals surface area contributed by atoms with Crippen LogP contribution in [0.3, 0.4) is 0 Å². The summed E-state index contributed by atoms with van der Waals surface area (Å²) < 4.78 is 7.92. The maximum atomic E-state index is 12.7. The van der Waals surface area contributed by atoms with Crippen LogP contribution in [0.1, 0.15) is 47.0 Å². The van der Waals surface area contributed by atoms with Gasteiger partial charge in [-0.1, -0.05) is 26.7 Å². The normalized spacial score (nSPS) is 11.0. The van der Waals surface area contributed by atoms with Gasteiger partial charge in [0, 0.05) is 31.6 Å². The first kappa shape index (κ1) is 22.1. The molecule has 2 rings (SSSR count). The number of ether oxygens (including phenoxy) is 1. The van der Waals surface area contributed by atoms with Crippen molar-refractivity contribution >= 4 is 18.1 Å².